The molecule has 1 fully saturated rings. The number of rotatable bonds is 2. The van der Waals surface area contributed by atoms with Crippen molar-refractivity contribution in [1.82, 2.24) is 0 Å². The monoisotopic (exact) mass is 259 g/mol. The molecule has 0 radical (unpaired) electrons. The molecule has 19 heavy (non-hydrogen) atoms. The quantitative estimate of drug-likeness (QED) is 0.887. The van der Waals surface area contributed by atoms with Crippen molar-refractivity contribution >= 4 is 11.7 Å². The van der Waals surface area contributed by atoms with Gasteiger partial charge in [0.1, 0.15) is 0 Å². The molecule has 0 amide bonds. The van der Waals surface area contributed by atoms with Gasteiger partial charge in [-0.2, -0.15) is 0 Å². The van der Waals surface area contributed by atoms with Gasteiger partial charge in [-0.1, -0.05) is 31.4 Å². The molecule has 0 atom stereocenters. The van der Waals surface area contributed by atoms with Crippen molar-refractivity contribution in [3.8, 4) is 0 Å². The van der Waals surface area contributed by atoms with Crippen LogP contribution in [-0.2, 0) is 16.6 Å². The van der Waals surface area contributed by atoms with Gasteiger partial charge in [-0.3, -0.25) is 4.79 Å². The number of hydrogen-bond donors (Lipinski definition) is 1. The second-order valence-corrected chi connectivity index (χ2v) is 5.96. The van der Waals surface area contributed by atoms with Gasteiger partial charge in [-0.15, -0.1) is 0 Å². The van der Waals surface area contributed by atoms with Gasteiger partial charge in [0.05, 0.1) is 5.41 Å². The highest BCUT2D eigenvalue weighted by Crippen LogP contribution is 2.42. The van der Waals surface area contributed by atoms with Crippen LogP contribution in [0.3, 0.4) is 0 Å². The topological polar surface area (TPSA) is 40.5 Å². The van der Waals surface area contributed by atoms with E-state index in [0.29, 0.717) is 0 Å². The first-order valence-electron chi connectivity index (χ1n) is 7.21. The lowest BCUT2D eigenvalue weighted by atomic mass is 9.69. The molecule has 0 saturated heterocycles. The predicted octanol–water partition coefficient (Wildman–Crippen LogP) is 2.97. The van der Waals surface area contributed by atoms with E-state index in [1.807, 2.05) is 0 Å². The van der Waals surface area contributed by atoms with Crippen molar-refractivity contribution in [1.29, 1.82) is 0 Å². The number of carboxylic acid groups (broad SMARTS) is 1. The van der Waals surface area contributed by atoms with Gasteiger partial charge in [0.15, 0.2) is 0 Å². The lowest BCUT2D eigenvalue weighted by Crippen LogP contribution is -2.37. The average Bonchev–Trinajstić information content (AvgIpc) is 2.80. The summed E-state index contributed by atoms with van der Waals surface area (Å²) in [7, 11) is 2.09. The number of likely N-dealkylation sites (N-methyl/N-ethyl adjacent to an activating group) is 1. The lowest BCUT2D eigenvalue weighted by molar-refractivity contribution is -0.145. The zero-order valence-corrected chi connectivity index (χ0v) is 11.5. The SMILES string of the molecule is CN1CCc2ccc(C3(C(=O)O)CCCCC3)cc21. The molecule has 3 heteroatoms. The minimum absolute atomic E-state index is 0.642. The van der Waals surface area contributed by atoms with E-state index in [0.717, 1.165) is 44.2 Å². The fourth-order valence-corrected chi connectivity index (χ4v) is 3.62. The van der Waals surface area contributed by atoms with Crippen molar-refractivity contribution in [3.05, 3.63) is 29.3 Å². The first-order valence-corrected chi connectivity index (χ1v) is 7.21. The first-order chi connectivity index (χ1) is 9.13. The van der Waals surface area contributed by atoms with Crippen LogP contribution in [0.4, 0.5) is 5.69 Å². The summed E-state index contributed by atoms with van der Waals surface area (Å²) < 4.78 is 0. The van der Waals surface area contributed by atoms with E-state index in [1.54, 1.807) is 0 Å². The Balaban J connectivity index is 2.04. The Kier molecular flexibility index (Phi) is 3.00. The molecule has 2 aliphatic rings. The number of hydrogen-bond acceptors (Lipinski definition) is 2. The van der Waals surface area contributed by atoms with Crippen LogP contribution < -0.4 is 4.90 Å². The normalized spacial score (nSPS) is 21.2. The summed E-state index contributed by atoms with van der Waals surface area (Å²) in [6, 6.07) is 6.31. The molecular formula is C16H21NO2. The zero-order valence-electron chi connectivity index (χ0n) is 11.5. The largest absolute Gasteiger partial charge is 0.481 e. The number of anilines is 1. The number of aliphatic carboxylic acids is 1. The van der Waals surface area contributed by atoms with Crippen LogP contribution in [0.5, 0.6) is 0 Å². The maximum Gasteiger partial charge on any atom is 0.314 e. The van der Waals surface area contributed by atoms with Gasteiger partial charge in [-0.05, 0) is 36.5 Å². The van der Waals surface area contributed by atoms with Crippen LogP contribution in [0.15, 0.2) is 18.2 Å². The summed E-state index contributed by atoms with van der Waals surface area (Å²) in [6.45, 7) is 1.04. The molecule has 1 aromatic carbocycles. The second kappa shape index (κ2) is 4.55. The molecule has 1 aliphatic heterocycles. The Morgan fingerprint density at radius 3 is 2.68 bits per heavy atom. The van der Waals surface area contributed by atoms with Gasteiger partial charge in [0.2, 0.25) is 0 Å². The Morgan fingerprint density at radius 1 is 1.26 bits per heavy atom. The minimum Gasteiger partial charge on any atom is -0.481 e. The summed E-state index contributed by atoms with van der Waals surface area (Å²) in [4.78, 5) is 14.1. The van der Waals surface area contributed by atoms with Gasteiger partial charge < -0.3 is 10.0 Å². The fourth-order valence-electron chi connectivity index (χ4n) is 3.62. The van der Waals surface area contributed by atoms with E-state index in [9.17, 15) is 9.90 Å². The van der Waals surface area contributed by atoms with Crippen LogP contribution in [0.25, 0.3) is 0 Å². The third kappa shape index (κ3) is 1.92. The van der Waals surface area contributed by atoms with Crippen LogP contribution >= 0.6 is 0 Å². The Morgan fingerprint density at radius 2 is 2.00 bits per heavy atom. The molecule has 1 saturated carbocycles. The molecule has 102 valence electrons. The predicted molar refractivity (Wildman–Crippen MR) is 75.8 cm³/mol. The van der Waals surface area contributed by atoms with Gasteiger partial charge in [-0.25, -0.2) is 0 Å². The summed E-state index contributed by atoms with van der Waals surface area (Å²) >= 11 is 0. The van der Waals surface area contributed by atoms with Crippen molar-refractivity contribution < 1.29 is 9.90 Å². The summed E-state index contributed by atoms with van der Waals surface area (Å²) in [5.74, 6) is -0.646. The maximum atomic E-state index is 11.8. The van der Waals surface area contributed by atoms with Crippen LogP contribution in [-0.4, -0.2) is 24.7 Å². The highest BCUT2D eigenvalue weighted by molar-refractivity contribution is 5.82. The van der Waals surface area contributed by atoms with E-state index < -0.39 is 11.4 Å². The smallest absolute Gasteiger partial charge is 0.314 e. The number of fused-ring (bicyclic) bond motifs is 1. The third-order valence-corrected chi connectivity index (χ3v) is 4.88. The summed E-state index contributed by atoms with van der Waals surface area (Å²) in [5.41, 5.74) is 2.94. The van der Waals surface area contributed by atoms with E-state index in [-0.39, 0.29) is 0 Å². The molecule has 3 nitrogen and oxygen atoms in total. The van der Waals surface area contributed by atoms with Crippen LogP contribution in [0.1, 0.15) is 43.2 Å². The van der Waals surface area contributed by atoms with Crippen molar-refractivity contribution in [2.75, 3.05) is 18.5 Å². The third-order valence-electron chi connectivity index (χ3n) is 4.88. The molecule has 1 N–H and O–H groups in total. The Hall–Kier alpha value is -1.51. The molecule has 1 heterocycles. The minimum atomic E-state index is -0.646. The van der Waals surface area contributed by atoms with Crippen LogP contribution in [0.2, 0.25) is 0 Å². The standard InChI is InChI=1S/C16H21NO2/c1-17-10-7-12-5-6-13(11-14(12)17)16(15(18)19)8-3-2-4-9-16/h5-6,11H,2-4,7-10H2,1H3,(H,18,19). The lowest BCUT2D eigenvalue weighted by Gasteiger charge is -2.34. The first kappa shape index (κ1) is 12.5. The number of carboxylic acids is 1. The molecule has 3 rings (SSSR count). The van der Waals surface area contributed by atoms with Gasteiger partial charge in [0, 0.05) is 19.3 Å². The summed E-state index contributed by atoms with van der Waals surface area (Å²) in [6.07, 6.45) is 5.86. The Labute approximate surface area is 114 Å². The zero-order chi connectivity index (χ0) is 13.5. The van der Waals surface area contributed by atoms with E-state index in [4.69, 9.17) is 0 Å². The maximum absolute atomic E-state index is 11.8. The molecule has 1 aliphatic carbocycles. The summed E-state index contributed by atoms with van der Waals surface area (Å²) in [5, 5.41) is 9.74. The highest BCUT2D eigenvalue weighted by Gasteiger charge is 2.41. The van der Waals surface area contributed by atoms with Gasteiger partial charge in [0.25, 0.3) is 0 Å². The number of benzene rings is 1. The fraction of sp³-hybridized carbons (Fsp3) is 0.562. The second-order valence-electron chi connectivity index (χ2n) is 5.96. The van der Waals surface area contributed by atoms with E-state index >= 15 is 0 Å². The molecule has 1 aromatic rings. The molecule has 0 unspecified atom stereocenters. The molecular weight excluding hydrogens is 238 g/mol. The van der Waals surface area contributed by atoms with Crippen molar-refractivity contribution in [2.24, 2.45) is 0 Å². The molecule has 0 bridgehead atoms. The van der Waals surface area contributed by atoms with E-state index in [1.165, 1.54) is 17.7 Å². The van der Waals surface area contributed by atoms with Crippen molar-refractivity contribution in [2.45, 2.75) is 43.9 Å². The van der Waals surface area contributed by atoms with Crippen molar-refractivity contribution in [3.63, 3.8) is 0 Å². The number of carbonyl (C=O) groups is 1. The Bertz CT molecular complexity index is 503. The molecule has 0 aromatic heterocycles. The van der Waals surface area contributed by atoms with Crippen LogP contribution in [0, 0.1) is 0 Å². The van der Waals surface area contributed by atoms with Gasteiger partial charge >= 0.3 is 5.97 Å². The molecule has 0 spiro atoms. The average molecular weight is 259 g/mol. The number of nitrogens with zero attached hydrogens (tertiary/aromatic N) is 1. The highest BCUT2D eigenvalue weighted by atomic mass is 16.4. The van der Waals surface area contributed by atoms with E-state index in [2.05, 4.69) is 30.1 Å².